The Kier molecular flexibility index (Phi) is 5.47. The van der Waals surface area contributed by atoms with Gasteiger partial charge in [-0.15, -0.1) is 0 Å². The molecule has 1 aliphatic heterocycles. The second-order valence-electron chi connectivity index (χ2n) is 6.65. The van der Waals surface area contributed by atoms with E-state index in [4.69, 9.17) is 9.47 Å². The minimum atomic E-state index is -0.565. The summed E-state index contributed by atoms with van der Waals surface area (Å²) < 4.78 is 11.3. The first-order valence-electron chi connectivity index (χ1n) is 7.53. The second kappa shape index (κ2) is 7.01. The van der Waals surface area contributed by atoms with Gasteiger partial charge in [0, 0.05) is 10.5 Å². The van der Waals surface area contributed by atoms with Crippen LogP contribution in [0.2, 0.25) is 0 Å². The summed E-state index contributed by atoms with van der Waals surface area (Å²) in [5.74, 6) is -1.10. The lowest BCUT2D eigenvalue weighted by molar-refractivity contribution is -0.160. The van der Waals surface area contributed by atoms with Gasteiger partial charge in [0.25, 0.3) is 0 Å². The van der Waals surface area contributed by atoms with Crippen LogP contribution in [-0.2, 0) is 19.1 Å². The Bertz CT molecular complexity index is 579. The molecule has 126 valence electrons. The van der Waals surface area contributed by atoms with Crippen molar-refractivity contribution in [3.8, 4) is 0 Å². The van der Waals surface area contributed by atoms with Crippen LogP contribution in [0.5, 0.6) is 0 Å². The van der Waals surface area contributed by atoms with E-state index in [2.05, 4.69) is 21.2 Å². The lowest BCUT2D eigenvalue weighted by atomic mass is 9.93. The summed E-state index contributed by atoms with van der Waals surface area (Å²) in [7, 11) is 1.35. The minimum absolute atomic E-state index is 0.276. The van der Waals surface area contributed by atoms with Crippen molar-refractivity contribution in [2.45, 2.75) is 44.9 Å². The Morgan fingerprint density at radius 1 is 1.17 bits per heavy atom. The van der Waals surface area contributed by atoms with Crippen molar-refractivity contribution in [2.24, 2.45) is 5.92 Å². The number of nitrogens with one attached hydrogen (secondary N) is 1. The molecule has 1 aliphatic rings. The molecule has 0 saturated carbocycles. The van der Waals surface area contributed by atoms with Gasteiger partial charge in [-0.1, -0.05) is 28.1 Å². The van der Waals surface area contributed by atoms with Crippen LogP contribution in [0.3, 0.4) is 0 Å². The molecular formula is C17H22BrNO4. The Morgan fingerprint density at radius 2 is 1.78 bits per heavy atom. The van der Waals surface area contributed by atoms with Crippen molar-refractivity contribution in [1.29, 1.82) is 0 Å². The van der Waals surface area contributed by atoms with E-state index in [0.717, 1.165) is 10.0 Å². The summed E-state index contributed by atoms with van der Waals surface area (Å²) in [5, 5.41) is 3.20. The van der Waals surface area contributed by atoms with Crippen LogP contribution >= 0.6 is 15.9 Å². The van der Waals surface area contributed by atoms with Gasteiger partial charge in [0.1, 0.15) is 11.6 Å². The summed E-state index contributed by atoms with van der Waals surface area (Å²) in [6, 6.07) is 6.90. The zero-order valence-electron chi connectivity index (χ0n) is 13.8. The van der Waals surface area contributed by atoms with Crippen LogP contribution in [0.4, 0.5) is 0 Å². The molecule has 1 saturated heterocycles. The first kappa shape index (κ1) is 17.9. The third kappa shape index (κ3) is 4.54. The summed E-state index contributed by atoms with van der Waals surface area (Å²) >= 11 is 3.40. The Morgan fingerprint density at radius 3 is 2.30 bits per heavy atom. The van der Waals surface area contributed by atoms with Gasteiger partial charge in [0.2, 0.25) is 0 Å². The summed E-state index contributed by atoms with van der Waals surface area (Å²) in [6.45, 7) is 5.50. The number of esters is 2. The van der Waals surface area contributed by atoms with Crippen molar-refractivity contribution in [3.05, 3.63) is 34.3 Å². The number of hydrogen-bond acceptors (Lipinski definition) is 5. The number of hydrogen-bond donors (Lipinski definition) is 1. The predicted molar refractivity (Wildman–Crippen MR) is 89.8 cm³/mol. The van der Waals surface area contributed by atoms with E-state index < -0.39 is 17.6 Å². The maximum absolute atomic E-state index is 12.5. The molecule has 1 N–H and O–H groups in total. The van der Waals surface area contributed by atoms with Gasteiger partial charge in [-0.3, -0.25) is 14.9 Å². The molecule has 6 heteroatoms. The largest absolute Gasteiger partial charge is 0.468 e. The Hall–Kier alpha value is -1.40. The van der Waals surface area contributed by atoms with E-state index in [1.807, 2.05) is 45.0 Å². The number of rotatable bonds is 3. The topological polar surface area (TPSA) is 64.6 Å². The molecule has 3 atom stereocenters. The van der Waals surface area contributed by atoms with Crippen LogP contribution in [0.25, 0.3) is 0 Å². The van der Waals surface area contributed by atoms with Gasteiger partial charge >= 0.3 is 11.9 Å². The minimum Gasteiger partial charge on any atom is -0.468 e. The highest BCUT2D eigenvalue weighted by Crippen LogP contribution is 2.35. The Balaban J connectivity index is 2.25. The summed E-state index contributed by atoms with van der Waals surface area (Å²) in [5.41, 5.74) is 0.375. The molecule has 23 heavy (non-hydrogen) atoms. The van der Waals surface area contributed by atoms with Crippen LogP contribution in [-0.4, -0.2) is 30.7 Å². The molecular weight excluding hydrogens is 362 g/mol. The average Bonchev–Trinajstić information content (AvgIpc) is 2.90. The van der Waals surface area contributed by atoms with E-state index in [9.17, 15) is 9.59 Å². The molecule has 0 aliphatic carbocycles. The fraction of sp³-hybridized carbons (Fsp3) is 0.529. The summed E-state index contributed by atoms with van der Waals surface area (Å²) in [4.78, 5) is 24.4. The van der Waals surface area contributed by atoms with Gasteiger partial charge in [0.15, 0.2) is 0 Å². The smallest absolute Gasteiger partial charge is 0.322 e. The molecule has 1 heterocycles. The quantitative estimate of drug-likeness (QED) is 0.812. The molecule has 2 rings (SSSR count). The zero-order chi connectivity index (χ0) is 17.2. The number of carbonyl (C=O) groups is 2. The normalized spacial score (nSPS) is 24.3. The SMILES string of the molecule is COC(=O)[C@H]1CC(C(=O)OC(C)(C)C)[C@@H](c2ccc(Br)cc2)N1. The molecule has 1 unspecified atom stereocenters. The fourth-order valence-electron chi connectivity index (χ4n) is 2.71. The second-order valence-corrected chi connectivity index (χ2v) is 7.56. The van der Waals surface area contributed by atoms with E-state index >= 15 is 0 Å². The molecule has 1 fully saturated rings. The van der Waals surface area contributed by atoms with E-state index in [1.165, 1.54) is 7.11 Å². The van der Waals surface area contributed by atoms with Crippen LogP contribution in [0.15, 0.2) is 28.7 Å². The Labute approximate surface area is 144 Å². The van der Waals surface area contributed by atoms with Gasteiger partial charge < -0.3 is 9.47 Å². The molecule has 1 aromatic carbocycles. The van der Waals surface area contributed by atoms with Crippen LogP contribution in [0, 0.1) is 5.92 Å². The monoisotopic (exact) mass is 383 g/mol. The predicted octanol–water partition coefficient (Wildman–Crippen LogP) is 2.98. The maximum atomic E-state index is 12.5. The first-order valence-corrected chi connectivity index (χ1v) is 8.33. The third-order valence-electron chi connectivity index (χ3n) is 3.70. The molecule has 0 bridgehead atoms. The van der Waals surface area contributed by atoms with Gasteiger partial charge in [0.05, 0.1) is 13.0 Å². The van der Waals surface area contributed by atoms with Crippen LogP contribution in [0.1, 0.15) is 38.8 Å². The van der Waals surface area contributed by atoms with E-state index in [1.54, 1.807) is 0 Å². The van der Waals surface area contributed by atoms with Crippen LogP contribution < -0.4 is 5.32 Å². The highest BCUT2D eigenvalue weighted by Gasteiger charge is 2.44. The van der Waals surface area contributed by atoms with Crippen molar-refractivity contribution >= 4 is 27.9 Å². The lowest BCUT2D eigenvalue weighted by Gasteiger charge is -2.25. The molecule has 0 aromatic heterocycles. The molecule has 0 spiro atoms. The van der Waals surface area contributed by atoms with E-state index in [0.29, 0.717) is 6.42 Å². The highest BCUT2D eigenvalue weighted by molar-refractivity contribution is 9.10. The highest BCUT2D eigenvalue weighted by atomic mass is 79.9. The lowest BCUT2D eigenvalue weighted by Crippen LogP contribution is -2.33. The number of methoxy groups -OCH3 is 1. The number of ether oxygens (including phenoxy) is 2. The first-order chi connectivity index (χ1) is 10.7. The van der Waals surface area contributed by atoms with Crippen molar-refractivity contribution in [3.63, 3.8) is 0 Å². The number of benzene rings is 1. The van der Waals surface area contributed by atoms with Crippen molar-refractivity contribution in [2.75, 3.05) is 7.11 Å². The number of carbonyl (C=O) groups excluding carboxylic acids is 2. The number of halogens is 1. The van der Waals surface area contributed by atoms with E-state index in [-0.39, 0.29) is 18.0 Å². The molecule has 0 amide bonds. The van der Waals surface area contributed by atoms with Crippen molar-refractivity contribution in [1.82, 2.24) is 5.32 Å². The summed E-state index contributed by atoms with van der Waals surface area (Å²) in [6.07, 6.45) is 0.363. The molecule has 0 radical (unpaired) electrons. The molecule has 1 aromatic rings. The third-order valence-corrected chi connectivity index (χ3v) is 4.23. The standard InChI is InChI=1S/C17H22BrNO4/c1-17(2,3)23-15(20)12-9-13(16(21)22-4)19-14(12)10-5-7-11(18)8-6-10/h5-8,12-14,19H,9H2,1-4H3/t12?,13-,14-/m1/s1. The van der Waals surface area contributed by atoms with Gasteiger partial charge in [-0.25, -0.2) is 0 Å². The van der Waals surface area contributed by atoms with Gasteiger partial charge in [-0.2, -0.15) is 0 Å². The van der Waals surface area contributed by atoms with Gasteiger partial charge in [-0.05, 0) is 44.9 Å². The zero-order valence-corrected chi connectivity index (χ0v) is 15.3. The van der Waals surface area contributed by atoms with Crippen molar-refractivity contribution < 1.29 is 19.1 Å². The average molecular weight is 384 g/mol. The molecule has 5 nitrogen and oxygen atoms in total. The maximum Gasteiger partial charge on any atom is 0.322 e. The fourth-order valence-corrected chi connectivity index (χ4v) is 2.97.